The Morgan fingerprint density at radius 2 is 1.53 bits per heavy atom. The Kier molecular flexibility index (Phi) is 3.84. The summed E-state index contributed by atoms with van der Waals surface area (Å²) in [5.41, 5.74) is 9.21. The minimum atomic E-state index is -1.10. The third-order valence-electron chi connectivity index (χ3n) is 2.16. The van der Waals surface area contributed by atoms with E-state index in [-0.39, 0.29) is 17.1 Å². The molecule has 19 heavy (non-hydrogen) atoms. The van der Waals surface area contributed by atoms with E-state index in [1.54, 1.807) is 0 Å². The Labute approximate surface area is 106 Å². The van der Waals surface area contributed by atoms with Crippen LogP contribution in [0.4, 0.5) is 26.7 Å². The van der Waals surface area contributed by atoms with E-state index in [0.29, 0.717) is 10.0 Å². The number of hydrogen-bond donors (Lipinski definition) is 4. The lowest BCUT2D eigenvalue weighted by molar-refractivity contribution is -0.384. The van der Waals surface area contributed by atoms with Crippen molar-refractivity contribution in [3.8, 4) is 0 Å². The number of nitro benzene ring substituents is 1. The minimum absolute atomic E-state index is 0.112. The fourth-order valence-corrected chi connectivity index (χ4v) is 1.26. The Morgan fingerprint density at radius 1 is 1.05 bits per heavy atom. The molecule has 1 aromatic rings. The summed E-state index contributed by atoms with van der Waals surface area (Å²) in [6, 6.07) is 0.966. The molecule has 0 atom stereocenters. The number of rotatable bonds is 3. The number of carbonyl (C=O) groups is 2. The maximum Gasteiger partial charge on any atom is 0.333 e. The molecule has 8 N–H and O–H groups in total. The summed E-state index contributed by atoms with van der Waals surface area (Å²) in [7, 11) is 0. The monoisotopic (exact) mass is 269 g/mol. The van der Waals surface area contributed by atoms with Crippen molar-refractivity contribution in [2.75, 3.05) is 10.0 Å². The summed E-state index contributed by atoms with van der Waals surface area (Å²) < 4.78 is 0. The molecule has 11 nitrogen and oxygen atoms in total. The lowest BCUT2D eigenvalue weighted by atomic mass is 10.2. The first-order valence-corrected chi connectivity index (χ1v) is 4.72. The molecule has 0 bridgehead atoms. The van der Waals surface area contributed by atoms with Gasteiger partial charge in [0.15, 0.2) is 0 Å². The molecule has 0 saturated heterocycles. The number of nitrogens with two attached hydrogens (primary N) is 4. The van der Waals surface area contributed by atoms with Gasteiger partial charge in [0.25, 0.3) is 5.69 Å². The van der Waals surface area contributed by atoms with Gasteiger partial charge < -0.3 is 11.5 Å². The van der Waals surface area contributed by atoms with Crippen LogP contribution in [0.15, 0.2) is 18.2 Å². The zero-order valence-corrected chi connectivity index (χ0v) is 9.52. The molecule has 0 heterocycles. The van der Waals surface area contributed by atoms with Gasteiger partial charge in [0, 0.05) is 12.1 Å². The third kappa shape index (κ3) is 2.85. The number of amides is 4. The zero-order chi connectivity index (χ0) is 14.7. The number of benzene rings is 1. The van der Waals surface area contributed by atoms with Gasteiger partial charge in [-0.2, -0.15) is 0 Å². The first kappa shape index (κ1) is 14.1. The number of primary amides is 2. The molecule has 0 fully saturated rings. The van der Waals surface area contributed by atoms with Gasteiger partial charge in [0.2, 0.25) is 0 Å². The molecule has 0 radical (unpaired) electrons. The first-order valence-electron chi connectivity index (χ1n) is 4.72. The van der Waals surface area contributed by atoms with Crippen LogP contribution in [0.5, 0.6) is 0 Å². The molecule has 0 unspecified atom stereocenters. The quantitative estimate of drug-likeness (QED) is 0.238. The summed E-state index contributed by atoms with van der Waals surface area (Å²) in [6.45, 7) is 0. The predicted octanol–water partition coefficient (Wildman–Crippen LogP) is -0.888. The normalized spacial score (nSPS) is 9.79. The van der Waals surface area contributed by atoms with E-state index in [9.17, 15) is 19.7 Å². The second kappa shape index (κ2) is 5.16. The average Bonchev–Trinajstić information content (AvgIpc) is 2.35. The van der Waals surface area contributed by atoms with Crippen molar-refractivity contribution in [3.05, 3.63) is 28.3 Å². The van der Waals surface area contributed by atoms with Crippen LogP contribution in [0, 0.1) is 10.1 Å². The fraction of sp³-hybridized carbons (Fsp3) is 0. The van der Waals surface area contributed by atoms with Crippen LogP contribution in [0.3, 0.4) is 0 Å². The van der Waals surface area contributed by atoms with Crippen LogP contribution in [-0.2, 0) is 0 Å². The molecule has 1 aromatic carbocycles. The molecule has 0 aromatic heterocycles. The zero-order valence-electron chi connectivity index (χ0n) is 9.52. The standard InChI is InChI=1S/C8H11N7O4/c9-7(16)13(11)5-2-1-4(15(18)19)3-6(5)14(12)8(10)17/h1-3H,11-12H2,(H2,9,16)(H2,10,17). The molecule has 0 aliphatic rings. The maximum atomic E-state index is 11.0. The van der Waals surface area contributed by atoms with Gasteiger partial charge in [-0.15, -0.1) is 0 Å². The second-order valence-corrected chi connectivity index (χ2v) is 3.35. The molecular weight excluding hydrogens is 258 g/mol. The van der Waals surface area contributed by atoms with Crippen LogP contribution in [0.25, 0.3) is 0 Å². The Hall–Kier alpha value is -2.92. The van der Waals surface area contributed by atoms with Crippen LogP contribution in [0.2, 0.25) is 0 Å². The van der Waals surface area contributed by atoms with Crippen molar-refractivity contribution < 1.29 is 14.5 Å². The molecule has 0 saturated carbocycles. The van der Waals surface area contributed by atoms with Crippen LogP contribution < -0.4 is 33.2 Å². The Balaban J connectivity index is 3.42. The summed E-state index contributed by atoms with van der Waals surface area (Å²) >= 11 is 0. The van der Waals surface area contributed by atoms with Gasteiger partial charge in [-0.1, -0.05) is 0 Å². The number of hydrogen-bond acceptors (Lipinski definition) is 6. The van der Waals surface area contributed by atoms with Crippen LogP contribution >= 0.6 is 0 Å². The summed E-state index contributed by atoms with van der Waals surface area (Å²) in [5.74, 6) is 10.7. The molecule has 11 heteroatoms. The van der Waals surface area contributed by atoms with Crippen LogP contribution in [0.1, 0.15) is 0 Å². The van der Waals surface area contributed by atoms with Crippen molar-refractivity contribution in [2.24, 2.45) is 23.2 Å². The van der Waals surface area contributed by atoms with E-state index in [4.69, 9.17) is 23.2 Å². The van der Waals surface area contributed by atoms with Crippen molar-refractivity contribution >= 4 is 29.1 Å². The lowest BCUT2D eigenvalue weighted by Crippen LogP contribution is -2.46. The number of hydrazine groups is 2. The Bertz CT molecular complexity index is 546. The van der Waals surface area contributed by atoms with E-state index in [2.05, 4.69) is 0 Å². The van der Waals surface area contributed by atoms with Crippen molar-refractivity contribution in [2.45, 2.75) is 0 Å². The van der Waals surface area contributed by atoms with Gasteiger partial charge in [-0.05, 0) is 6.07 Å². The molecule has 0 aliphatic heterocycles. The molecule has 102 valence electrons. The number of nitrogens with zero attached hydrogens (tertiary/aromatic N) is 3. The molecule has 0 aliphatic carbocycles. The van der Waals surface area contributed by atoms with Crippen molar-refractivity contribution in [3.63, 3.8) is 0 Å². The van der Waals surface area contributed by atoms with Crippen LogP contribution in [-0.4, -0.2) is 17.0 Å². The highest BCUT2D eigenvalue weighted by Gasteiger charge is 2.21. The van der Waals surface area contributed by atoms with Gasteiger partial charge in [0.1, 0.15) is 0 Å². The molecule has 4 amide bonds. The largest absolute Gasteiger partial charge is 0.350 e. The predicted molar refractivity (Wildman–Crippen MR) is 65.6 cm³/mol. The summed E-state index contributed by atoms with van der Waals surface area (Å²) in [5, 5.41) is 11.5. The van der Waals surface area contributed by atoms with E-state index in [0.717, 1.165) is 18.2 Å². The highest BCUT2D eigenvalue weighted by atomic mass is 16.6. The van der Waals surface area contributed by atoms with Crippen molar-refractivity contribution in [1.82, 2.24) is 0 Å². The number of urea groups is 2. The second-order valence-electron chi connectivity index (χ2n) is 3.35. The highest BCUT2D eigenvalue weighted by Crippen LogP contribution is 2.30. The first-order chi connectivity index (χ1) is 8.75. The van der Waals surface area contributed by atoms with Gasteiger partial charge in [-0.25, -0.2) is 31.3 Å². The van der Waals surface area contributed by atoms with E-state index in [1.165, 1.54) is 0 Å². The fourth-order valence-electron chi connectivity index (χ4n) is 1.26. The molecule has 1 rings (SSSR count). The highest BCUT2D eigenvalue weighted by molar-refractivity contribution is 5.99. The van der Waals surface area contributed by atoms with Gasteiger partial charge >= 0.3 is 12.1 Å². The van der Waals surface area contributed by atoms with Crippen molar-refractivity contribution in [1.29, 1.82) is 0 Å². The summed E-state index contributed by atoms with van der Waals surface area (Å²) in [6.07, 6.45) is 0. The number of nitro groups is 1. The smallest absolute Gasteiger partial charge is 0.333 e. The molecule has 0 spiro atoms. The molecular formula is C8H11N7O4. The topological polar surface area (TPSA) is 188 Å². The van der Waals surface area contributed by atoms with Gasteiger partial charge in [0.05, 0.1) is 16.3 Å². The number of non-ortho nitro benzene ring substituents is 1. The third-order valence-corrected chi connectivity index (χ3v) is 2.16. The van der Waals surface area contributed by atoms with Gasteiger partial charge in [-0.3, -0.25) is 10.1 Å². The number of carbonyl (C=O) groups excluding carboxylic acids is 2. The van der Waals surface area contributed by atoms with E-state index < -0.39 is 17.0 Å². The Morgan fingerprint density at radius 3 is 1.95 bits per heavy atom. The SMILES string of the molecule is NC(=O)N(N)c1ccc([N+](=O)[O-])cc1N(N)C(N)=O. The minimum Gasteiger partial charge on any atom is -0.350 e. The van der Waals surface area contributed by atoms with E-state index in [1.807, 2.05) is 0 Å². The maximum absolute atomic E-state index is 11.0. The lowest BCUT2D eigenvalue weighted by Gasteiger charge is -2.22. The summed E-state index contributed by atoms with van der Waals surface area (Å²) in [4.78, 5) is 31.9. The average molecular weight is 269 g/mol. The van der Waals surface area contributed by atoms with E-state index >= 15 is 0 Å². The number of anilines is 2.